The Labute approximate surface area is 166 Å². The van der Waals surface area contributed by atoms with Crippen LogP contribution in [0.2, 0.25) is 0 Å². The number of halogens is 3. The summed E-state index contributed by atoms with van der Waals surface area (Å²) in [4.78, 5) is 0. The molecule has 1 aliphatic carbocycles. The van der Waals surface area contributed by atoms with Crippen molar-refractivity contribution in [1.29, 1.82) is 0 Å². The molecule has 3 heteroatoms. The molecule has 0 heterocycles. The molecule has 1 saturated carbocycles. The van der Waals surface area contributed by atoms with E-state index < -0.39 is 23.4 Å². The third-order valence-corrected chi connectivity index (χ3v) is 6.08. The Kier molecular flexibility index (Phi) is 6.98. The van der Waals surface area contributed by atoms with Gasteiger partial charge < -0.3 is 0 Å². The second kappa shape index (κ2) is 9.45. The number of allylic oxidation sites excluding steroid dienone is 1. The fourth-order valence-corrected chi connectivity index (χ4v) is 4.30. The van der Waals surface area contributed by atoms with Crippen LogP contribution >= 0.6 is 0 Å². The minimum absolute atomic E-state index is 0.276. The average molecular weight is 387 g/mol. The predicted octanol–water partition coefficient (Wildman–Crippen LogP) is 8.62. The van der Waals surface area contributed by atoms with Crippen molar-refractivity contribution in [1.82, 2.24) is 0 Å². The molecule has 1 fully saturated rings. The van der Waals surface area contributed by atoms with Gasteiger partial charge in [0.1, 0.15) is 11.6 Å². The molecule has 0 aromatic heterocycles. The van der Waals surface area contributed by atoms with Gasteiger partial charge in [0.2, 0.25) is 0 Å². The molecule has 28 heavy (non-hydrogen) atoms. The van der Waals surface area contributed by atoms with Gasteiger partial charge in [0.05, 0.1) is 0 Å². The molecule has 1 aliphatic rings. The number of hydrogen-bond acceptors (Lipinski definition) is 0. The van der Waals surface area contributed by atoms with E-state index in [1.807, 2.05) is 0 Å². The molecule has 0 radical (unpaired) electrons. The Morgan fingerprint density at radius 1 is 1.07 bits per heavy atom. The number of fused-ring (bicyclic) bond motifs is 1. The van der Waals surface area contributed by atoms with E-state index in [2.05, 4.69) is 13.5 Å². The third kappa shape index (κ3) is 4.51. The van der Waals surface area contributed by atoms with Gasteiger partial charge in [0, 0.05) is 16.9 Å². The molecule has 2 aromatic carbocycles. The van der Waals surface area contributed by atoms with Gasteiger partial charge in [-0.25, -0.2) is 13.2 Å². The zero-order valence-corrected chi connectivity index (χ0v) is 16.6. The maximum absolute atomic E-state index is 14.9. The summed E-state index contributed by atoms with van der Waals surface area (Å²) in [5.74, 6) is -2.33. The lowest BCUT2D eigenvalue weighted by Crippen LogP contribution is -2.15. The van der Waals surface area contributed by atoms with Crippen molar-refractivity contribution < 1.29 is 13.2 Å². The Bertz CT molecular complexity index is 857. The molecule has 150 valence electrons. The highest BCUT2D eigenvalue weighted by atomic mass is 19.2. The predicted molar refractivity (Wildman–Crippen MR) is 113 cm³/mol. The molecule has 0 spiro atoms. The molecule has 0 aliphatic heterocycles. The average Bonchev–Trinajstić information content (AvgIpc) is 2.73. The van der Waals surface area contributed by atoms with Gasteiger partial charge >= 0.3 is 0 Å². The van der Waals surface area contributed by atoms with Crippen LogP contribution in [0.4, 0.5) is 13.2 Å². The summed E-state index contributed by atoms with van der Waals surface area (Å²) in [5, 5.41) is 0.949. The summed E-state index contributed by atoms with van der Waals surface area (Å²) in [7, 11) is 0. The van der Waals surface area contributed by atoms with Gasteiger partial charge in [-0.15, -0.1) is 0 Å². The van der Waals surface area contributed by atoms with Gasteiger partial charge in [0.15, 0.2) is 5.83 Å². The van der Waals surface area contributed by atoms with Crippen LogP contribution in [0.3, 0.4) is 0 Å². The Hall–Kier alpha value is -2.03. The number of benzene rings is 2. The van der Waals surface area contributed by atoms with Crippen LogP contribution in [0, 0.1) is 17.7 Å². The highest BCUT2D eigenvalue weighted by Gasteiger charge is 2.27. The summed E-state index contributed by atoms with van der Waals surface area (Å²) < 4.78 is 44.5. The first-order valence-corrected chi connectivity index (χ1v) is 10.4. The summed E-state index contributed by atoms with van der Waals surface area (Å²) in [6, 6.07) is 8.08. The summed E-state index contributed by atoms with van der Waals surface area (Å²) in [5.41, 5.74) is 0.582. The second-order valence-electron chi connectivity index (χ2n) is 7.99. The molecule has 0 unspecified atom stereocenters. The lowest BCUT2D eigenvalue weighted by Gasteiger charge is -2.27. The molecule has 0 atom stereocenters. The minimum atomic E-state index is -1.04. The second-order valence-corrected chi connectivity index (χ2v) is 7.99. The summed E-state index contributed by atoms with van der Waals surface area (Å²) in [6.07, 6.45) is 9.66. The highest BCUT2D eigenvalue weighted by Crippen LogP contribution is 2.40. The Balaban J connectivity index is 1.77. The van der Waals surface area contributed by atoms with Gasteiger partial charge in [-0.05, 0) is 54.7 Å². The lowest BCUT2D eigenvalue weighted by atomic mass is 9.79. The molecule has 3 rings (SSSR count). The summed E-state index contributed by atoms with van der Waals surface area (Å²) >= 11 is 0. The van der Waals surface area contributed by atoms with E-state index in [0.29, 0.717) is 29.5 Å². The van der Waals surface area contributed by atoms with Crippen LogP contribution in [-0.2, 0) is 0 Å². The van der Waals surface area contributed by atoms with E-state index >= 15 is 0 Å². The molecule has 0 saturated heterocycles. The highest BCUT2D eigenvalue weighted by molar-refractivity contribution is 5.88. The zero-order valence-electron chi connectivity index (χ0n) is 16.6. The van der Waals surface area contributed by atoms with E-state index in [-0.39, 0.29) is 5.56 Å². The van der Waals surface area contributed by atoms with Crippen molar-refractivity contribution in [2.45, 2.75) is 58.3 Å². The fourth-order valence-electron chi connectivity index (χ4n) is 4.30. The van der Waals surface area contributed by atoms with Crippen molar-refractivity contribution >= 4 is 22.7 Å². The quantitative estimate of drug-likeness (QED) is 0.418. The lowest BCUT2D eigenvalue weighted by molar-refractivity contribution is 0.258. The number of hydrogen-bond donors (Lipinski definition) is 0. The molecule has 0 amide bonds. The van der Waals surface area contributed by atoms with Crippen molar-refractivity contribution in [3.63, 3.8) is 0 Å². The van der Waals surface area contributed by atoms with Crippen molar-refractivity contribution in [3.8, 4) is 0 Å². The van der Waals surface area contributed by atoms with E-state index in [0.717, 1.165) is 18.4 Å². The van der Waals surface area contributed by atoms with Crippen LogP contribution in [0.1, 0.15) is 69.4 Å². The largest absolute Gasteiger partial charge is 0.208 e. The van der Waals surface area contributed by atoms with Crippen molar-refractivity contribution in [3.05, 3.63) is 59.7 Å². The topological polar surface area (TPSA) is 0 Å². The van der Waals surface area contributed by atoms with Crippen LogP contribution in [0.25, 0.3) is 22.7 Å². The SMILES string of the molecule is C=Cc1ccc2c(F)c(C(F)=C(F)C3CCC(CCCCC)CC3)ccc2c1. The first-order valence-electron chi connectivity index (χ1n) is 10.4. The van der Waals surface area contributed by atoms with Crippen LogP contribution in [0.5, 0.6) is 0 Å². The standard InChI is InChI=1S/C25H29F3/c1-3-5-6-7-18-8-11-19(12-9-18)23(26)25(28)22-15-13-20-16-17(4-2)10-14-21(20)24(22)27/h4,10,13-16,18-19H,2-3,5-9,11-12H2,1H3. The molecular formula is C25H29F3. The number of rotatable bonds is 7. The molecule has 0 bridgehead atoms. The van der Waals surface area contributed by atoms with Crippen LogP contribution in [-0.4, -0.2) is 0 Å². The van der Waals surface area contributed by atoms with Crippen LogP contribution < -0.4 is 0 Å². The van der Waals surface area contributed by atoms with Gasteiger partial charge in [-0.2, -0.15) is 0 Å². The summed E-state index contributed by atoms with van der Waals surface area (Å²) in [6.45, 7) is 5.88. The van der Waals surface area contributed by atoms with E-state index in [4.69, 9.17) is 0 Å². The van der Waals surface area contributed by atoms with Gasteiger partial charge in [-0.3, -0.25) is 0 Å². The van der Waals surface area contributed by atoms with E-state index in [1.54, 1.807) is 30.3 Å². The zero-order chi connectivity index (χ0) is 20.1. The van der Waals surface area contributed by atoms with E-state index in [1.165, 1.54) is 31.7 Å². The molecule has 0 nitrogen and oxygen atoms in total. The normalized spacial score (nSPS) is 20.9. The molecular weight excluding hydrogens is 357 g/mol. The first kappa shape index (κ1) is 20.7. The first-order chi connectivity index (χ1) is 13.5. The minimum Gasteiger partial charge on any atom is -0.208 e. The maximum atomic E-state index is 14.9. The van der Waals surface area contributed by atoms with Crippen molar-refractivity contribution in [2.24, 2.45) is 11.8 Å². The van der Waals surface area contributed by atoms with Crippen molar-refractivity contribution in [2.75, 3.05) is 0 Å². The van der Waals surface area contributed by atoms with Gasteiger partial charge in [-0.1, -0.05) is 63.5 Å². The maximum Gasteiger partial charge on any atom is 0.165 e. The van der Waals surface area contributed by atoms with E-state index in [9.17, 15) is 13.2 Å². The Morgan fingerprint density at radius 3 is 2.50 bits per heavy atom. The molecule has 0 N–H and O–H groups in total. The third-order valence-electron chi connectivity index (χ3n) is 6.08. The number of unbranched alkanes of at least 4 members (excludes halogenated alkanes) is 2. The fraction of sp³-hybridized carbons (Fsp3) is 0.440. The van der Waals surface area contributed by atoms with Crippen LogP contribution in [0.15, 0.2) is 42.7 Å². The smallest absolute Gasteiger partial charge is 0.165 e. The monoisotopic (exact) mass is 386 g/mol. The molecule has 2 aromatic rings. The Morgan fingerprint density at radius 2 is 1.82 bits per heavy atom. The van der Waals surface area contributed by atoms with Gasteiger partial charge in [0.25, 0.3) is 0 Å².